The number of nitrogens with zero attached hydrogens (tertiary/aromatic N) is 3. The van der Waals surface area contributed by atoms with E-state index in [1.807, 2.05) is 37.3 Å². The minimum Gasteiger partial charge on any atom is -0.357 e. The second-order valence-corrected chi connectivity index (χ2v) is 9.25. The molecule has 1 aromatic heterocycles. The number of carbonyl (C=O) groups excluding carboxylic acids is 1. The molecule has 0 aliphatic heterocycles. The zero-order chi connectivity index (χ0) is 24.6. The normalized spacial score (nSPS) is 18.4. The Bertz CT molecular complexity index is 1110. The van der Waals surface area contributed by atoms with Gasteiger partial charge in [-0.05, 0) is 55.7 Å². The van der Waals surface area contributed by atoms with E-state index in [9.17, 15) is 4.79 Å². The van der Waals surface area contributed by atoms with Crippen LogP contribution in [0.15, 0.2) is 54.6 Å². The maximum atomic E-state index is 12.8. The van der Waals surface area contributed by atoms with Crippen molar-refractivity contribution in [1.82, 2.24) is 15.0 Å². The highest BCUT2D eigenvalue weighted by atomic mass is 16.1. The number of aryl methyl sites for hydroxylation is 1. The summed E-state index contributed by atoms with van der Waals surface area (Å²) >= 11 is 0. The summed E-state index contributed by atoms with van der Waals surface area (Å²) in [5, 5.41) is 12.9. The van der Waals surface area contributed by atoms with Crippen LogP contribution in [0.1, 0.15) is 49.7 Å². The molecule has 2 aromatic carbocycles. The predicted molar refractivity (Wildman–Crippen MR) is 142 cm³/mol. The van der Waals surface area contributed by atoms with E-state index in [0.29, 0.717) is 23.8 Å². The lowest BCUT2D eigenvalue weighted by Crippen LogP contribution is -2.32. The van der Waals surface area contributed by atoms with Crippen LogP contribution >= 0.6 is 0 Å². The van der Waals surface area contributed by atoms with Gasteiger partial charge in [0, 0.05) is 31.2 Å². The van der Waals surface area contributed by atoms with Gasteiger partial charge in [-0.25, -0.2) is 0 Å². The van der Waals surface area contributed by atoms with E-state index in [1.54, 1.807) is 7.05 Å². The molecular weight excluding hydrogens is 438 g/mol. The second-order valence-electron chi connectivity index (χ2n) is 9.25. The summed E-state index contributed by atoms with van der Waals surface area (Å²) in [7, 11) is 1.80. The summed E-state index contributed by atoms with van der Waals surface area (Å²) < 4.78 is 0. The number of rotatable bonds is 9. The number of amides is 1. The van der Waals surface area contributed by atoms with Crippen LogP contribution in [-0.2, 0) is 4.79 Å². The van der Waals surface area contributed by atoms with Crippen LogP contribution in [0.3, 0.4) is 0 Å². The number of nitrogens with one attached hydrogen (secondary N) is 4. The number of aromatic nitrogens is 3. The van der Waals surface area contributed by atoms with Crippen LogP contribution in [0.5, 0.6) is 0 Å². The molecule has 1 amide bonds. The van der Waals surface area contributed by atoms with Gasteiger partial charge < -0.3 is 21.3 Å². The van der Waals surface area contributed by atoms with Gasteiger partial charge in [-0.1, -0.05) is 55.5 Å². The van der Waals surface area contributed by atoms with E-state index >= 15 is 0 Å². The average Bonchev–Trinajstić information content (AvgIpc) is 2.89. The van der Waals surface area contributed by atoms with Gasteiger partial charge in [-0.2, -0.15) is 15.0 Å². The van der Waals surface area contributed by atoms with Gasteiger partial charge in [0.15, 0.2) is 0 Å². The number of hydrogen-bond donors (Lipinski definition) is 4. The first-order valence-electron chi connectivity index (χ1n) is 12.4. The van der Waals surface area contributed by atoms with Gasteiger partial charge in [0.05, 0.1) is 0 Å². The van der Waals surface area contributed by atoms with Crippen LogP contribution in [0.25, 0.3) is 0 Å². The van der Waals surface area contributed by atoms with Crippen LogP contribution in [0.4, 0.5) is 23.5 Å². The van der Waals surface area contributed by atoms with E-state index < -0.39 is 0 Å². The fourth-order valence-corrected chi connectivity index (χ4v) is 4.41. The number of carbonyl (C=O) groups is 1. The summed E-state index contributed by atoms with van der Waals surface area (Å²) in [5.41, 5.74) is 3.24. The van der Waals surface area contributed by atoms with Crippen LogP contribution in [0, 0.1) is 12.8 Å². The number of para-hydroxylation sites is 1. The highest BCUT2D eigenvalue weighted by molar-refractivity contribution is 5.93. The number of benzene rings is 2. The molecule has 0 unspecified atom stereocenters. The molecule has 1 saturated carbocycles. The monoisotopic (exact) mass is 473 g/mol. The van der Waals surface area contributed by atoms with Crippen molar-refractivity contribution in [1.29, 1.82) is 0 Å². The first-order valence-corrected chi connectivity index (χ1v) is 12.4. The topological polar surface area (TPSA) is 104 Å². The SMILES string of the molecule is CNc1nc(NC[C@H](C)c2ccccc2)nc(NC2CCC(C(=O)Nc3ccccc3C)CC2)n1. The molecule has 0 radical (unpaired) electrons. The van der Waals surface area contributed by atoms with Crippen molar-refractivity contribution in [2.24, 2.45) is 5.92 Å². The van der Waals surface area contributed by atoms with Gasteiger partial charge >= 0.3 is 0 Å². The average molecular weight is 474 g/mol. The molecule has 184 valence electrons. The van der Waals surface area contributed by atoms with Crippen LogP contribution in [0.2, 0.25) is 0 Å². The molecular formula is C27H35N7O. The Kier molecular flexibility index (Phi) is 8.13. The smallest absolute Gasteiger partial charge is 0.229 e. The summed E-state index contributed by atoms with van der Waals surface area (Å²) in [6.07, 6.45) is 3.44. The van der Waals surface area contributed by atoms with E-state index in [-0.39, 0.29) is 17.9 Å². The Morgan fingerprint density at radius 3 is 2.29 bits per heavy atom. The van der Waals surface area contributed by atoms with E-state index in [4.69, 9.17) is 0 Å². The molecule has 8 heteroatoms. The largest absolute Gasteiger partial charge is 0.357 e. The highest BCUT2D eigenvalue weighted by Crippen LogP contribution is 2.28. The van der Waals surface area contributed by atoms with Crippen LogP contribution < -0.4 is 21.3 Å². The Labute approximate surface area is 207 Å². The minimum absolute atomic E-state index is 0.0237. The van der Waals surface area contributed by atoms with E-state index in [2.05, 4.69) is 67.4 Å². The quantitative estimate of drug-likeness (QED) is 0.345. The lowest BCUT2D eigenvalue weighted by Gasteiger charge is -2.28. The molecule has 1 atom stereocenters. The van der Waals surface area contributed by atoms with Crippen molar-refractivity contribution in [3.8, 4) is 0 Å². The van der Waals surface area contributed by atoms with Crippen molar-refractivity contribution in [2.75, 3.05) is 34.9 Å². The fourth-order valence-electron chi connectivity index (χ4n) is 4.41. The molecule has 0 spiro atoms. The van der Waals surface area contributed by atoms with Gasteiger partial charge in [0.25, 0.3) is 0 Å². The van der Waals surface area contributed by atoms with Gasteiger partial charge in [0.2, 0.25) is 23.8 Å². The van der Waals surface area contributed by atoms with Crippen molar-refractivity contribution >= 4 is 29.4 Å². The standard InChI is InChI=1S/C27H35N7O/c1-18-9-7-8-12-23(18)31-24(35)21-13-15-22(16-14-21)30-27-33-25(28-3)32-26(34-27)29-17-19(2)20-10-5-4-6-11-20/h4-12,19,21-22H,13-17H2,1-3H3,(H,31,35)(H3,28,29,30,32,33,34)/t19-,21?,22?/m0/s1. The molecule has 1 aliphatic carbocycles. The molecule has 8 nitrogen and oxygen atoms in total. The molecule has 0 saturated heterocycles. The van der Waals surface area contributed by atoms with Crippen LogP contribution in [-0.4, -0.2) is 40.5 Å². The third-order valence-corrected chi connectivity index (χ3v) is 6.63. The van der Waals surface area contributed by atoms with Crippen molar-refractivity contribution in [2.45, 2.75) is 51.5 Å². The molecule has 4 N–H and O–H groups in total. The predicted octanol–water partition coefficient (Wildman–Crippen LogP) is 5.05. The highest BCUT2D eigenvalue weighted by Gasteiger charge is 2.27. The van der Waals surface area contributed by atoms with Gasteiger partial charge in [0.1, 0.15) is 0 Å². The summed E-state index contributed by atoms with van der Waals surface area (Å²) in [4.78, 5) is 26.3. The maximum absolute atomic E-state index is 12.8. The Morgan fingerprint density at radius 2 is 1.57 bits per heavy atom. The Balaban J connectivity index is 1.31. The van der Waals surface area contributed by atoms with E-state index in [0.717, 1.165) is 43.5 Å². The van der Waals surface area contributed by atoms with Gasteiger partial charge in [-0.15, -0.1) is 0 Å². The zero-order valence-corrected chi connectivity index (χ0v) is 20.7. The first kappa shape index (κ1) is 24.4. The third-order valence-electron chi connectivity index (χ3n) is 6.63. The molecule has 4 rings (SSSR count). The number of anilines is 4. The fraction of sp³-hybridized carbons (Fsp3) is 0.407. The molecule has 3 aromatic rings. The summed E-state index contributed by atoms with van der Waals surface area (Å²) in [5.74, 6) is 2.06. The Morgan fingerprint density at radius 1 is 0.914 bits per heavy atom. The first-order chi connectivity index (χ1) is 17.0. The molecule has 1 aliphatic rings. The minimum atomic E-state index is 0.0237. The second kappa shape index (κ2) is 11.6. The number of hydrogen-bond acceptors (Lipinski definition) is 7. The summed E-state index contributed by atoms with van der Waals surface area (Å²) in [6, 6.07) is 18.5. The van der Waals surface area contributed by atoms with Crippen molar-refractivity contribution < 1.29 is 4.79 Å². The zero-order valence-electron chi connectivity index (χ0n) is 20.7. The van der Waals surface area contributed by atoms with Gasteiger partial charge in [-0.3, -0.25) is 4.79 Å². The molecule has 35 heavy (non-hydrogen) atoms. The van der Waals surface area contributed by atoms with Crippen molar-refractivity contribution in [3.63, 3.8) is 0 Å². The summed E-state index contributed by atoms with van der Waals surface area (Å²) in [6.45, 7) is 4.91. The lowest BCUT2D eigenvalue weighted by atomic mass is 9.85. The Hall–Kier alpha value is -3.68. The maximum Gasteiger partial charge on any atom is 0.229 e. The molecule has 0 bridgehead atoms. The lowest BCUT2D eigenvalue weighted by molar-refractivity contribution is -0.120. The van der Waals surface area contributed by atoms with E-state index in [1.165, 1.54) is 5.56 Å². The molecule has 1 heterocycles. The van der Waals surface area contributed by atoms with Crippen molar-refractivity contribution in [3.05, 3.63) is 65.7 Å². The third kappa shape index (κ3) is 6.68. The molecule has 1 fully saturated rings.